The van der Waals surface area contributed by atoms with Crippen molar-refractivity contribution >= 4 is 21.8 Å². The van der Waals surface area contributed by atoms with Crippen LogP contribution in [0.15, 0.2) is 72.9 Å². The van der Waals surface area contributed by atoms with Crippen LogP contribution in [0.25, 0.3) is 49.9 Å². The maximum Gasteiger partial charge on any atom is 0.102 e. The Hall–Kier alpha value is -5.19. The summed E-state index contributed by atoms with van der Waals surface area (Å²) in [7, 11) is 0. The molecule has 0 aliphatic carbocycles. The first-order valence-electron chi connectivity index (χ1n) is 16.3. The number of pyridine rings is 1. The van der Waals surface area contributed by atoms with Gasteiger partial charge in [-0.05, 0) is 114 Å². The summed E-state index contributed by atoms with van der Waals surface area (Å²) in [4.78, 5) is 4.68. The van der Waals surface area contributed by atoms with Crippen molar-refractivity contribution in [1.29, 1.82) is 10.5 Å². The highest BCUT2D eigenvalue weighted by Crippen LogP contribution is 2.42. The Labute approximate surface area is 278 Å². The summed E-state index contributed by atoms with van der Waals surface area (Å²) in [5, 5.41) is 23.3. The minimum Gasteiger partial charge on any atom is -0.309 e. The van der Waals surface area contributed by atoms with Gasteiger partial charge in [-0.2, -0.15) is 10.5 Å². The number of benzene rings is 4. The highest BCUT2D eigenvalue weighted by atomic mass is 15.0. The maximum atomic E-state index is 10.6. The molecule has 2 aromatic heterocycles. The van der Waals surface area contributed by atoms with Crippen molar-refractivity contribution in [2.75, 3.05) is 0 Å². The predicted octanol–water partition coefficient (Wildman–Crippen LogP) is 11.1. The smallest absolute Gasteiger partial charge is 0.102 e. The van der Waals surface area contributed by atoms with Gasteiger partial charge in [-0.1, -0.05) is 71.9 Å². The minimum atomic E-state index is 0.0240. The fourth-order valence-corrected chi connectivity index (χ4v) is 7.04. The van der Waals surface area contributed by atoms with E-state index in [1.54, 1.807) is 6.20 Å². The van der Waals surface area contributed by atoms with E-state index in [9.17, 15) is 10.5 Å². The number of nitrogens with zero attached hydrogens (tertiary/aromatic N) is 4. The summed E-state index contributed by atoms with van der Waals surface area (Å²) in [5.74, 6) is 0. The zero-order valence-electron chi connectivity index (χ0n) is 29.2. The predicted molar refractivity (Wildman–Crippen MR) is 195 cm³/mol. The van der Waals surface area contributed by atoms with Crippen LogP contribution in [0.2, 0.25) is 0 Å². The third kappa shape index (κ3) is 5.29. The van der Waals surface area contributed by atoms with Gasteiger partial charge in [0.15, 0.2) is 0 Å². The Morgan fingerprint density at radius 1 is 0.596 bits per heavy atom. The third-order valence-electron chi connectivity index (χ3n) is 9.55. The Morgan fingerprint density at radius 3 is 1.55 bits per heavy atom. The molecule has 0 fully saturated rings. The molecular formula is C43H42N4. The lowest BCUT2D eigenvalue weighted by molar-refractivity contribution is 0.590. The molecular weight excluding hydrogens is 573 g/mol. The number of fused-ring (bicyclic) bond motifs is 3. The van der Waals surface area contributed by atoms with E-state index in [1.165, 1.54) is 21.9 Å². The maximum absolute atomic E-state index is 10.6. The number of nitriles is 2. The second-order valence-electron chi connectivity index (χ2n) is 15.0. The zero-order valence-corrected chi connectivity index (χ0v) is 29.2. The number of hydrogen-bond donors (Lipinski definition) is 0. The van der Waals surface area contributed by atoms with Gasteiger partial charge in [0.2, 0.25) is 0 Å². The molecule has 0 bridgehead atoms. The zero-order chi connectivity index (χ0) is 34.0. The molecule has 0 aliphatic rings. The van der Waals surface area contributed by atoms with Crippen LogP contribution in [0.1, 0.15) is 86.1 Å². The van der Waals surface area contributed by atoms with Crippen molar-refractivity contribution in [3.8, 4) is 40.2 Å². The molecule has 234 valence electrons. The molecule has 0 radical (unpaired) electrons. The quantitative estimate of drug-likeness (QED) is 0.199. The summed E-state index contributed by atoms with van der Waals surface area (Å²) >= 11 is 0. The first-order chi connectivity index (χ1) is 22.1. The van der Waals surface area contributed by atoms with Gasteiger partial charge in [0, 0.05) is 33.8 Å². The lowest BCUT2D eigenvalue weighted by Crippen LogP contribution is -2.10. The van der Waals surface area contributed by atoms with Crippen molar-refractivity contribution < 1.29 is 0 Å². The largest absolute Gasteiger partial charge is 0.309 e. The average Bonchev–Trinajstić information content (AvgIpc) is 3.33. The Bertz CT molecular complexity index is 2210. The number of hydrogen-bond acceptors (Lipinski definition) is 3. The van der Waals surface area contributed by atoms with Crippen LogP contribution in [0.5, 0.6) is 0 Å². The molecule has 47 heavy (non-hydrogen) atoms. The highest BCUT2D eigenvalue weighted by molar-refractivity contribution is 6.10. The van der Waals surface area contributed by atoms with Gasteiger partial charge in [0.05, 0.1) is 27.9 Å². The highest BCUT2D eigenvalue weighted by Gasteiger charge is 2.25. The number of aromatic nitrogens is 2. The van der Waals surface area contributed by atoms with Gasteiger partial charge in [-0.3, -0.25) is 4.98 Å². The second kappa shape index (κ2) is 11.3. The van der Waals surface area contributed by atoms with E-state index in [-0.39, 0.29) is 10.8 Å². The van der Waals surface area contributed by atoms with Crippen LogP contribution in [-0.2, 0) is 10.8 Å². The van der Waals surface area contributed by atoms with E-state index >= 15 is 0 Å². The molecule has 0 unspecified atom stereocenters. The summed E-state index contributed by atoms with van der Waals surface area (Å²) < 4.78 is 2.36. The molecule has 4 aromatic carbocycles. The Morgan fingerprint density at radius 2 is 1.11 bits per heavy atom. The SMILES string of the molecule is Cc1cccc(C)c1-c1ncc(C#N)c(-c2c(C)cc(-n3c4ccc(C(C)(C)C)cc4c4cc(C(C)(C)C)ccc43)cc2C)c1C#N. The first-order valence-corrected chi connectivity index (χ1v) is 16.3. The molecule has 0 spiro atoms. The molecule has 4 heteroatoms. The van der Waals surface area contributed by atoms with Crippen molar-refractivity contribution in [2.24, 2.45) is 0 Å². The van der Waals surface area contributed by atoms with E-state index in [1.807, 2.05) is 32.0 Å². The van der Waals surface area contributed by atoms with Crippen molar-refractivity contribution in [1.82, 2.24) is 9.55 Å². The minimum absolute atomic E-state index is 0.0240. The standard InChI is InChI=1S/C43H42N4/c1-25-12-11-13-26(2)39(25)41-35(23-45)40(29(22-44)24-46-41)38-27(3)18-32(19-28(38)4)47-36-16-14-30(42(5,6)7)20-33(36)34-21-31(43(8,9)10)15-17-37(34)47/h11-21,24H,1-10H3. The van der Waals surface area contributed by atoms with Gasteiger partial charge in [-0.25, -0.2) is 0 Å². The van der Waals surface area contributed by atoms with E-state index < -0.39 is 0 Å². The normalized spacial score (nSPS) is 12.0. The van der Waals surface area contributed by atoms with Crippen LogP contribution < -0.4 is 0 Å². The molecule has 6 rings (SSSR count). The van der Waals surface area contributed by atoms with Crippen LogP contribution >= 0.6 is 0 Å². The Balaban J connectivity index is 1.64. The molecule has 0 aliphatic heterocycles. The van der Waals surface area contributed by atoms with Crippen LogP contribution in [0.4, 0.5) is 0 Å². The molecule has 0 saturated heterocycles. The lowest BCUT2D eigenvalue weighted by Gasteiger charge is -2.20. The topological polar surface area (TPSA) is 65.4 Å². The Kier molecular flexibility index (Phi) is 7.61. The third-order valence-corrected chi connectivity index (χ3v) is 9.55. The first kappa shape index (κ1) is 31.8. The monoisotopic (exact) mass is 614 g/mol. The van der Waals surface area contributed by atoms with Gasteiger partial charge < -0.3 is 4.57 Å². The molecule has 0 amide bonds. The van der Waals surface area contributed by atoms with E-state index in [0.717, 1.165) is 50.1 Å². The average molecular weight is 615 g/mol. The van der Waals surface area contributed by atoms with Crippen LogP contribution in [0.3, 0.4) is 0 Å². The van der Waals surface area contributed by atoms with Crippen molar-refractivity contribution in [3.63, 3.8) is 0 Å². The summed E-state index contributed by atoms with van der Waals surface area (Å²) in [5.41, 5.74) is 14.1. The van der Waals surface area contributed by atoms with Gasteiger partial charge in [0.1, 0.15) is 12.1 Å². The summed E-state index contributed by atoms with van der Waals surface area (Å²) in [6.07, 6.45) is 1.62. The summed E-state index contributed by atoms with van der Waals surface area (Å²) in [6, 6.07) is 29.0. The van der Waals surface area contributed by atoms with Crippen molar-refractivity contribution in [3.05, 3.63) is 117 Å². The number of rotatable bonds is 3. The van der Waals surface area contributed by atoms with Crippen LogP contribution in [-0.4, -0.2) is 9.55 Å². The van der Waals surface area contributed by atoms with E-state index in [2.05, 4.69) is 126 Å². The summed E-state index contributed by atoms with van der Waals surface area (Å²) in [6.45, 7) is 21.8. The second-order valence-corrected chi connectivity index (χ2v) is 15.0. The number of aryl methyl sites for hydroxylation is 4. The fourth-order valence-electron chi connectivity index (χ4n) is 7.04. The van der Waals surface area contributed by atoms with Gasteiger partial charge >= 0.3 is 0 Å². The molecule has 2 heterocycles. The fraction of sp³-hybridized carbons (Fsp3) is 0.279. The van der Waals surface area contributed by atoms with Gasteiger partial charge in [0.25, 0.3) is 0 Å². The molecule has 4 nitrogen and oxygen atoms in total. The lowest BCUT2D eigenvalue weighted by atomic mass is 9.85. The molecule has 6 aromatic rings. The van der Waals surface area contributed by atoms with Gasteiger partial charge in [-0.15, -0.1) is 0 Å². The molecule has 0 N–H and O–H groups in total. The van der Waals surface area contributed by atoms with E-state index in [4.69, 9.17) is 0 Å². The molecule has 0 atom stereocenters. The van der Waals surface area contributed by atoms with E-state index in [0.29, 0.717) is 22.4 Å². The van der Waals surface area contributed by atoms with Crippen molar-refractivity contribution in [2.45, 2.75) is 80.1 Å². The molecule has 0 saturated carbocycles. The van der Waals surface area contributed by atoms with Crippen LogP contribution in [0, 0.1) is 50.4 Å².